The van der Waals surface area contributed by atoms with Crippen LogP contribution in [-0.2, 0) is 53.6 Å². The first-order valence-corrected chi connectivity index (χ1v) is 25.2. The van der Waals surface area contributed by atoms with Crippen molar-refractivity contribution in [2.24, 2.45) is 0 Å². The number of aromatic hydroxyl groups is 1. The molecule has 0 saturated heterocycles. The molecule has 0 atom stereocenters. The van der Waals surface area contributed by atoms with Gasteiger partial charge < -0.3 is 5.11 Å². The average Bonchev–Trinajstić information content (AvgIpc) is 3.66. The maximum Gasteiger partial charge on any atom is 0.148 e. The largest absolute Gasteiger partial charge is 0.507 e. The molecule has 8 rings (SSSR count). The quantitative estimate of drug-likeness (QED) is 0.169. The fraction of sp³-hybridized carbons (Fsp3) is 0.364. The smallest absolute Gasteiger partial charge is 0.148 e. The van der Waals surface area contributed by atoms with Crippen LogP contribution < -0.4 is 0 Å². The van der Waals surface area contributed by atoms with Gasteiger partial charge in [-0.2, -0.15) is 0 Å². The Morgan fingerprint density at radius 1 is 0.437 bits per heavy atom. The summed E-state index contributed by atoms with van der Waals surface area (Å²) >= 11 is 0. The molecule has 6 aromatic carbocycles. The number of nitrogens with zero attached hydrogens (tertiary/aromatic N) is 3. The SMILES string of the molecule is CC(C)(C)c1cc(-c2cc(-c3cc(C(C)(C)C)cc(C(C)(C)C)c3)ccn2)[c-]c(-c2cccc3c2nc(-c2cc(C(C)(C)C)cc(C(C)(C)C)c2O)n3-c2ccc(C(C)(C)C)cc2-c2ccccc2)c1.[Pt]. The van der Waals surface area contributed by atoms with Gasteiger partial charge in [-0.1, -0.05) is 215 Å². The first-order valence-electron chi connectivity index (χ1n) is 25.2. The minimum atomic E-state index is -0.333. The zero-order valence-electron chi connectivity index (χ0n) is 45.7. The third-order valence-electron chi connectivity index (χ3n) is 14.0. The first kappa shape index (κ1) is 53.2. The number of fused-ring (bicyclic) bond motifs is 1. The first-order chi connectivity index (χ1) is 32.4. The van der Waals surface area contributed by atoms with Crippen molar-refractivity contribution < 1.29 is 26.2 Å². The van der Waals surface area contributed by atoms with E-state index in [0.717, 1.165) is 66.9 Å². The summed E-state index contributed by atoms with van der Waals surface area (Å²) in [5.41, 5.74) is 18.0. The van der Waals surface area contributed by atoms with Gasteiger partial charge in [0.2, 0.25) is 0 Å². The van der Waals surface area contributed by atoms with Gasteiger partial charge in [0.1, 0.15) is 11.6 Å². The number of phenols is 1. The van der Waals surface area contributed by atoms with Gasteiger partial charge in [0.25, 0.3) is 0 Å². The van der Waals surface area contributed by atoms with Crippen LogP contribution in [0.4, 0.5) is 0 Å². The topological polar surface area (TPSA) is 50.9 Å². The molecule has 2 heterocycles. The number of hydrogen-bond acceptors (Lipinski definition) is 3. The Kier molecular flexibility index (Phi) is 14.1. The summed E-state index contributed by atoms with van der Waals surface area (Å²) in [5.74, 6) is 0.939. The summed E-state index contributed by atoms with van der Waals surface area (Å²) in [6.07, 6.45) is 1.94. The van der Waals surface area contributed by atoms with Crippen LogP contribution in [0.5, 0.6) is 5.75 Å². The maximum absolute atomic E-state index is 12.6. The molecule has 8 aromatic rings. The van der Waals surface area contributed by atoms with Crippen molar-refractivity contribution in [2.45, 2.75) is 157 Å². The molecule has 4 nitrogen and oxygen atoms in total. The van der Waals surface area contributed by atoms with Gasteiger partial charge in [-0.15, -0.1) is 29.3 Å². The van der Waals surface area contributed by atoms with Gasteiger partial charge in [-0.25, -0.2) is 4.98 Å². The molecule has 0 amide bonds. The van der Waals surface area contributed by atoms with Gasteiger partial charge in [0, 0.05) is 44.1 Å². The van der Waals surface area contributed by atoms with Gasteiger partial charge in [-0.3, -0.25) is 9.55 Å². The number of benzene rings is 6. The average molecular weight is 1120 g/mol. The van der Waals surface area contributed by atoms with E-state index in [1.54, 1.807) is 0 Å². The summed E-state index contributed by atoms with van der Waals surface area (Å²) in [6, 6.07) is 48.2. The number of aromatic nitrogens is 3. The second-order valence-corrected chi connectivity index (χ2v) is 25.9. The number of phenolic OH excluding ortho intramolecular Hbond substituents is 1. The summed E-state index contributed by atoms with van der Waals surface area (Å²) in [4.78, 5) is 10.8. The molecule has 0 aliphatic heterocycles. The molecule has 0 fully saturated rings. The number of pyridine rings is 1. The zero-order valence-corrected chi connectivity index (χ0v) is 48.0. The van der Waals surface area contributed by atoms with Crippen LogP contribution >= 0.6 is 0 Å². The van der Waals surface area contributed by atoms with Crippen molar-refractivity contribution in [2.75, 3.05) is 0 Å². The van der Waals surface area contributed by atoms with E-state index in [2.05, 4.69) is 257 Å². The monoisotopic (exact) mass is 1120 g/mol. The minimum absolute atomic E-state index is 0. The molecule has 0 bridgehead atoms. The second-order valence-electron chi connectivity index (χ2n) is 25.9. The number of imidazole rings is 1. The second kappa shape index (κ2) is 18.8. The molecule has 0 aliphatic rings. The Morgan fingerprint density at radius 3 is 1.56 bits per heavy atom. The van der Waals surface area contributed by atoms with Crippen LogP contribution in [0.25, 0.3) is 72.7 Å². The van der Waals surface area contributed by atoms with Gasteiger partial charge in [0.05, 0.1) is 22.3 Å². The van der Waals surface area contributed by atoms with Crippen molar-refractivity contribution in [3.8, 4) is 67.5 Å². The molecule has 0 radical (unpaired) electrons. The standard InChI is InChI=1S/C66H76N3O.Pt/c1-61(2,3)46-27-28-56(52(38-46)41-23-20-19-21-24-41)69-57-26-22-25-51(58(57)68-60(69)53-39-50(65(13,14)15)40-54(59(53)70)66(16,17)18)44-31-45(35-47(34-44)62(4,5)6)55-36-42(29-30-67-55)43-32-48(63(7,8)9)37-49(33-43)64(10,11)12;/h19-30,32-40,70H,1-18H3;/q-1;. The van der Waals surface area contributed by atoms with Crippen LogP contribution in [0, 0.1) is 6.07 Å². The number of rotatable bonds is 6. The van der Waals surface area contributed by atoms with Gasteiger partial charge in [-0.05, 0) is 102 Å². The number of hydrogen-bond donors (Lipinski definition) is 1. The molecular weight excluding hydrogens is 1050 g/mol. The molecule has 0 unspecified atom stereocenters. The van der Waals surface area contributed by atoms with Crippen molar-refractivity contribution in [1.82, 2.24) is 14.5 Å². The maximum atomic E-state index is 12.6. The molecule has 2 aromatic heterocycles. The summed E-state index contributed by atoms with van der Waals surface area (Å²) in [5, 5.41) is 12.6. The van der Waals surface area contributed by atoms with Gasteiger partial charge in [0.15, 0.2) is 0 Å². The summed E-state index contributed by atoms with van der Waals surface area (Å²) in [6.45, 7) is 40.6. The van der Waals surface area contributed by atoms with Crippen molar-refractivity contribution in [1.29, 1.82) is 0 Å². The van der Waals surface area contributed by atoms with E-state index in [-0.39, 0.29) is 59.3 Å². The summed E-state index contributed by atoms with van der Waals surface area (Å²) in [7, 11) is 0. The van der Waals surface area contributed by atoms with Crippen LogP contribution in [0.3, 0.4) is 0 Å². The molecule has 1 N–H and O–H groups in total. The van der Waals surface area contributed by atoms with Crippen molar-refractivity contribution in [3.63, 3.8) is 0 Å². The van der Waals surface area contributed by atoms with E-state index >= 15 is 0 Å². The molecule has 372 valence electrons. The third-order valence-corrected chi connectivity index (χ3v) is 14.0. The molecule has 0 aliphatic carbocycles. The normalized spacial score (nSPS) is 12.9. The molecule has 0 spiro atoms. The van der Waals surface area contributed by atoms with E-state index in [1.807, 2.05) is 6.20 Å². The van der Waals surface area contributed by atoms with Crippen LogP contribution in [-0.4, -0.2) is 19.6 Å². The Labute approximate surface area is 440 Å². The third kappa shape index (κ3) is 11.0. The van der Waals surface area contributed by atoms with Crippen molar-refractivity contribution >= 4 is 11.0 Å². The van der Waals surface area contributed by atoms with Crippen LogP contribution in [0.2, 0.25) is 0 Å². The Morgan fingerprint density at radius 2 is 0.986 bits per heavy atom. The zero-order chi connectivity index (χ0) is 51.1. The summed E-state index contributed by atoms with van der Waals surface area (Å²) < 4.78 is 2.29. The number of para-hydroxylation sites is 1. The predicted octanol–water partition coefficient (Wildman–Crippen LogP) is 18.0. The molecule has 5 heteroatoms. The Bertz CT molecular complexity index is 3220. The van der Waals surface area contributed by atoms with E-state index in [9.17, 15) is 5.11 Å². The minimum Gasteiger partial charge on any atom is -0.507 e. The van der Waals surface area contributed by atoms with E-state index in [1.165, 1.54) is 27.8 Å². The van der Waals surface area contributed by atoms with Gasteiger partial charge >= 0.3 is 0 Å². The van der Waals surface area contributed by atoms with E-state index in [0.29, 0.717) is 11.4 Å². The van der Waals surface area contributed by atoms with Crippen LogP contribution in [0.1, 0.15) is 158 Å². The van der Waals surface area contributed by atoms with E-state index in [4.69, 9.17) is 9.97 Å². The molecule has 71 heavy (non-hydrogen) atoms. The predicted molar refractivity (Wildman–Crippen MR) is 299 cm³/mol. The molecule has 0 saturated carbocycles. The molecular formula is C66H76N3OPt-. The van der Waals surface area contributed by atoms with Crippen molar-refractivity contribution in [3.05, 3.63) is 167 Å². The Hall–Kier alpha value is -5.57. The Balaban J connectivity index is 0.00000741. The van der Waals surface area contributed by atoms with E-state index < -0.39 is 0 Å². The van der Waals surface area contributed by atoms with Crippen LogP contribution in [0.15, 0.2) is 128 Å². The fourth-order valence-electron chi connectivity index (χ4n) is 9.30. The fourth-order valence-corrected chi connectivity index (χ4v) is 9.30.